The van der Waals surface area contributed by atoms with Crippen LogP contribution in [0.4, 0.5) is 4.39 Å². The largest absolute Gasteiger partial charge is 0.338 e. The van der Waals surface area contributed by atoms with Gasteiger partial charge in [0.05, 0.1) is 4.88 Å². The number of halogens is 1. The van der Waals surface area contributed by atoms with Crippen molar-refractivity contribution in [1.82, 2.24) is 4.90 Å². The van der Waals surface area contributed by atoms with E-state index >= 15 is 0 Å². The molecule has 3 nitrogen and oxygen atoms in total. The number of nitrogens with zero attached hydrogens (tertiary/aromatic N) is 1. The summed E-state index contributed by atoms with van der Waals surface area (Å²) in [6, 6.07) is 6.48. The Bertz CT molecular complexity index is 699. The van der Waals surface area contributed by atoms with Crippen LogP contribution < -0.4 is 0 Å². The van der Waals surface area contributed by atoms with Gasteiger partial charge in [0.15, 0.2) is 0 Å². The van der Waals surface area contributed by atoms with Gasteiger partial charge in [-0.3, -0.25) is 9.59 Å². The Morgan fingerprint density at radius 3 is 2.71 bits per heavy atom. The average Bonchev–Trinajstić information content (AvgIpc) is 2.89. The highest BCUT2D eigenvalue weighted by atomic mass is 32.1. The SMILES string of the molecule is CN(C(=O)c1cc2ccc(F)cc2s1)C1CCC(=O)CC1. The van der Waals surface area contributed by atoms with Gasteiger partial charge in [-0.15, -0.1) is 11.3 Å². The Morgan fingerprint density at radius 2 is 2.00 bits per heavy atom. The molecule has 0 spiro atoms. The molecule has 1 heterocycles. The van der Waals surface area contributed by atoms with E-state index in [1.807, 2.05) is 6.07 Å². The van der Waals surface area contributed by atoms with Gasteiger partial charge < -0.3 is 4.90 Å². The molecule has 0 bridgehead atoms. The molecule has 0 aliphatic heterocycles. The number of carbonyl (C=O) groups excluding carboxylic acids is 2. The van der Waals surface area contributed by atoms with Gasteiger partial charge in [0.1, 0.15) is 11.6 Å². The number of fused-ring (bicyclic) bond motifs is 1. The number of ketones is 1. The zero-order valence-electron chi connectivity index (χ0n) is 11.8. The average molecular weight is 305 g/mol. The molecule has 1 aromatic heterocycles. The van der Waals surface area contributed by atoms with Crippen LogP contribution in [0.5, 0.6) is 0 Å². The number of Topliss-reactive ketones (excluding diaryl/α,β-unsaturated/α-hetero) is 1. The minimum absolute atomic E-state index is 0.0454. The van der Waals surface area contributed by atoms with Crippen molar-refractivity contribution < 1.29 is 14.0 Å². The van der Waals surface area contributed by atoms with Crippen LogP contribution in [0.1, 0.15) is 35.4 Å². The lowest BCUT2D eigenvalue weighted by Gasteiger charge is -2.30. The molecular formula is C16H16FNO2S. The zero-order chi connectivity index (χ0) is 15.0. The van der Waals surface area contributed by atoms with E-state index in [4.69, 9.17) is 0 Å². The summed E-state index contributed by atoms with van der Waals surface area (Å²) >= 11 is 1.31. The second kappa shape index (κ2) is 5.56. The molecule has 0 unspecified atom stereocenters. The second-order valence-electron chi connectivity index (χ2n) is 5.48. The summed E-state index contributed by atoms with van der Waals surface area (Å²) in [4.78, 5) is 26.2. The first-order valence-electron chi connectivity index (χ1n) is 7.02. The van der Waals surface area contributed by atoms with Crippen molar-refractivity contribution in [2.24, 2.45) is 0 Å². The van der Waals surface area contributed by atoms with Crippen molar-refractivity contribution >= 4 is 33.1 Å². The van der Waals surface area contributed by atoms with Crippen molar-refractivity contribution in [2.75, 3.05) is 7.05 Å². The van der Waals surface area contributed by atoms with Gasteiger partial charge in [0, 0.05) is 30.6 Å². The van der Waals surface area contributed by atoms with Crippen LogP contribution in [0.3, 0.4) is 0 Å². The lowest BCUT2D eigenvalue weighted by Crippen LogP contribution is -2.39. The predicted molar refractivity (Wildman–Crippen MR) is 81.1 cm³/mol. The molecule has 0 radical (unpaired) electrons. The number of hydrogen-bond acceptors (Lipinski definition) is 3. The highest BCUT2D eigenvalue weighted by molar-refractivity contribution is 7.20. The smallest absolute Gasteiger partial charge is 0.263 e. The van der Waals surface area contributed by atoms with Crippen LogP contribution in [0.25, 0.3) is 10.1 Å². The molecule has 1 fully saturated rings. The maximum absolute atomic E-state index is 13.2. The first kappa shape index (κ1) is 14.2. The molecule has 0 atom stereocenters. The van der Waals surface area contributed by atoms with Crippen LogP contribution in [-0.2, 0) is 4.79 Å². The van der Waals surface area contributed by atoms with Crippen molar-refractivity contribution in [3.63, 3.8) is 0 Å². The minimum atomic E-state index is -0.289. The van der Waals surface area contributed by atoms with E-state index in [-0.39, 0.29) is 23.5 Å². The molecule has 5 heteroatoms. The quantitative estimate of drug-likeness (QED) is 0.849. The molecule has 1 amide bonds. The molecule has 110 valence electrons. The summed E-state index contributed by atoms with van der Waals surface area (Å²) in [5.41, 5.74) is 0. The van der Waals surface area contributed by atoms with E-state index in [1.54, 1.807) is 18.0 Å². The highest BCUT2D eigenvalue weighted by Crippen LogP contribution is 2.29. The van der Waals surface area contributed by atoms with Crippen molar-refractivity contribution in [2.45, 2.75) is 31.7 Å². The molecule has 1 aliphatic rings. The zero-order valence-corrected chi connectivity index (χ0v) is 12.6. The Labute approximate surface area is 126 Å². The third-order valence-electron chi connectivity index (χ3n) is 4.07. The third kappa shape index (κ3) is 2.83. The van der Waals surface area contributed by atoms with Crippen LogP contribution in [0, 0.1) is 5.82 Å². The summed E-state index contributed by atoms with van der Waals surface area (Å²) in [5, 5.41) is 0.886. The van der Waals surface area contributed by atoms with E-state index in [9.17, 15) is 14.0 Å². The molecule has 21 heavy (non-hydrogen) atoms. The van der Waals surface area contributed by atoms with Crippen molar-refractivity contribution in [3.8, 4) is 0 Å². The fourth-order valence-corrected chi connectivity index (χ4v) is 3.83. The van der Waals surface area contributed by atoms with Crippen LogP contribution in [0.2, 0.25) is 0 Å². The Kier molecular flexibility index (Phi) is 3.76. The van der Waals surface area contributed by atoms with E-state index in [0.29, 0.717) is 17.7 Å². The second-order valence-corrected chi connectivity index (χ2v) is 6.56. The summed E-state index contributed by atoms with van der Waals surface area (Å²) in [6.07, 6.45) is 2.58. The molecule has 2 aromatic rings. The van der Waals surface area contributed by atoms with E-state index in [2.05, 4.69) is 0 Å². The topological polar surface area (TPSA) is 37.4 Å². The molecular weight excluding hydrogens is 289 g/mol. The molecule has 3 rings (SSSR count). The molecule has 1 aromatic carbocycles. The summed E-state index contributed by atoms with van der Waals surface area (Å²) in [6.45, 7) is 0. The molecule has 1 aliphatic carbocycles. The lowest BCUT2D eigenvalue weighted by molar-refractivity contribution is -0.121. The normalized spacial score (nSPS) is 16.4. The fraction of sp³-hybridized carbons (Fsp3) is 0.375. The Morgan fingerprint density at radius 1 is 1.29 bits per heavy atom. The lowest BCUT2D eigenvalue weighted by atomic mass is 9.93. The first-order chi connectivity index (χ1) is 10.0. The Hall–Kier alpha value is -1.75. The van der Waals surface area contributed by atoms with Crippen molar-refractivity contribution in [1.29, 1.82) is 0 Å². The summed E-state index contributed by atoms with van der Waals surface area (Å²) in [5.74, 6) is -0.0529. The Balaban J connectivity index is 1.81. The van der Waals surface area contributed by atoms with E-state index < -0.39 is 0 Å². The highest BCUT2D eigenvalue weighted by Gasteiger charge is 2.26. The van der Waals surface area contributed by atoms with Gasteiger partial charge in [-0.1, -0.05) is 6.07 Å². The molecule has 0 N–H and O–H groups in total. The number of thiophene rings is 1. The standard InChI is InChI=1S/C16H16FNO2S/c1-18(12-4-6-13(19)7-5-12)16(20)15-8-10-2-3-11(17)9-14(10)21-15/h2-3,8-9,12H,4-7H2,1H3. The van der Waals surface area contributed by atoms with Crippen LogP contribution >= 0.6 is 11.3 Å². The van der Waals surface area contributed by atoms with Crippen LogP contribution in [0.15, 0.2) is 24.3 Å². The number of carbonyl (C=O) groups is 2. The van der Waals surface area contributed by atoms with Gasteiger partial charge in [0.2, 0.25) is 0 Å². The molecule has 0 saturated heterocycles. The van der Waals surface area contributed by atoms with Crippen LogP contribution in [-0.4, -0.2) is 29.7 Å². The third-order valence-corrected chi connectivity index (χ3v) is 5.16. The van der Waals surface area contributed by atoms with E-state index in [1.165, 1.54) is 23.5 Å². The first-order valence-corrected chi connectivity index (χ1v) is 7.84. The number of rotatable bonds is 2. The summed E-state index contributed by atoms with van der Waals surface area (Å²) < 4.78 is 14.0. The van der Waals surface area contributed by atoms with Gasteiger partial charge >= 0.3 is 0 Å². The maximum Gasteiger partial charge on any atom is 0.263 e. The maximum atomic E-state index is 13.2. The summed E-state index contributed by atoms with van der Waals surface area (Å²) in [7, 11) is 1.79. The van der Waals surface area contributed by atoms with E-state index in [0.717, 1.165) is 22.9 Å². The van der Waals surface area contributed by atoms with Crippen molar-refractivity contribution in [3.05, 3.63) is 35.0 Å². The predicted octanol–water partition coefficient (Wildman–Crippen LogP) is 3.62. The van der Waals surface area contributed by atoms with Gasteiger partial charge in [-0.2, -0.15) is 0 Å². The number of benzene rings is 1. The van der Waals surface area contributed by atoms with Gasteiger partial charge in [0.25, 0.3) is 5.91 Å². The number of amides is 1. The molecule has 1 saturated carbocycles. The monoisotopic (exact) mass is 305 g/mol. The van der Waals surface area contributed by atoms with Gasteiger partial charge in [-0.05, 0) is 36.4 Å². The van der Waals surface area contributed by atoms with Gasteiger partial charge in [-0.25, -0.2) is 4.39 Å². The fourth-order valence-electron chi connectivity index (χ4n) is 2.76. The minimum Gasteiger partial charge on any atom is -0.338 e. The number of hydrogen-bond donors (Lipinski definition) is 0.